The second-order valence-electron chi connectivity index (χ2n) is 6.13. The molecule has 2 aromatic heterocycles. The molecule has 1 aliphatic rings. The predicted molar refractivity (Wildman–Crippen MR) is 89.9 cm³/mol. The van der Waals surface area contributed by atoms with Crippen molar-refractivity contribution in [1.29, 1.82) is 0 Å². The number of imidazole rings is 1. The molecule has 7 heteroatoms. The molecule has 24 heavy (non-hydrogen) atoms. The van der Waals surface area contributed by atoms with E-state index in [1.165, 1.54) is 0 Å². The van der Waals surface area contributed by atoms with Gasteiger partial charge in [-0.3, -0.25) is 9.48 Å². The van der Waals surface area contributed by atoms with E-state index < -0.39 is 0 Å². The van der Waals surface area contributed by atoms with Crippen LogP contribution in [0, 0.1) is 6.92 Å². The zero-order chi connectivity index (χ0) is 16.9. The summed E-state index contributed by atoms with van der Waals surface area (Å²) in [6, 6.07) is 1.87. The maximum Gasteiger partial charge on any atom is 0.272 e. The lowest BCUT2D eigenvalue weighted by Crippen LogP contribution is -2.39. The van der Waals surface area contributed by atoms with E-state index in [0.717, 1.165) is 37.4 Å². The van der Waals surface area contributed by atoms with Gasteiger partial charge in [0.15, 0.2) is 0 Å². The van der Waals surface area contributed by atoms with Crippen molar-refractivity contribution in [3.63, 3.8) is 0 Å². The topological polar surface area (TPSA) is 76.0 Å². The quantitative estimate of drug-likeness (QED) is 0.821. The van der Waals surface area contributed by atoms with Gasteiger partial charge in [0.25, 0.3) is 5.91 Å². The molecule has 1 fully saturated rings. The number of likely N-dealkylation sites (tertiary alicyclic amines) is 1. The highest BCUT2D eigenvalue weighted by Crippen LogP contribution is 2.26. The third kappa shape index (κ3) is 3.67. The molecule has 0 unspecified atom stereocenters. The first-order valence-corrected chi connectivity index (χ1v) is 8.59. The number of aromatic amines is 1. The zero-order valence-corrected chi connectivity index (χ0v) is 14.4. The van der Waals surface area contributed by atoms with Crippen molar-refractivity contribution >= 4 is 5.91 Å². The summed E-state index contributed by atoms with van der Waals surface area (Å²) in [6.45, 7) is 7.22. The van der Waals surface area contributed by atoms with Gasteiger partial charge in [-0.1, -0.05) is 0 Å². The van der Waals surface area contributed by atoms with Crippen molar-refractivity contribution in [2.24, 2.45) is 0 Å². The van der Waals surface area contributed by atoms with Crippen molar-refractivity contribution in [3.05, 3.63) is 35.7 Å². The molecule has 0 atom stereocenters. The summed E-state index contributed by atoms with van der Waals surface area (Å²) in [5.41, 5.74) is 1.52. The van der Waals surface area contributed by atoms with Crippen LogP contribution in [-0.4, -0.2) is 56.9 Å². The first-order valence-electron chi connectivity index (χ1n) is 8.59. The van der Waals surface area contributed by atoms with Crippen molar-refractivity contribution < 1.29 is 9.53 Å². The van der Waals surface area contributed by atoms with Crippen LogP contribution >= 0.6 is 0 Å². The standard InChI is InChI=1S/C17H25N5O2/c1-3-24-11-10-22-15(12-13(2)20-22)17(23)21-8-4-14(5-9-21)16-18-6-7-19-16/h6-7,12,14H,3-5,8-11H2,1-2H3,(H,18,19). The second kappa shape index (κ2) is 7.61. The number of ether oxygens (including phenoxy) is 1. The van der Waals surface area contributed by atoms with E-state index in [2.05, 4.69) is 15.1 Å². The first kappa shape index (κ1) is 16.7. The number of nitrogens with one attached hydrogen (secondary N) is 1. The summed E-state index contributed by atoms with van der Waals surface area (Å²) in [4.78, 5) is 22.3. The van der Waals surface area contributed by atoms with Gasteiger partial charge in [0, 0.05) is 38.0 Å². The highest BCUT2D eigenvalue weighted by molar-refractivity contribution is 5.92. The van der Waals surface area contributed by atoms with Crippen molar-refractivity contribution in [2.45, 2.75) is 39.2 Å². The molecule has 130 valence electrons. The molecule has 1 saturated heterocycles. The van der Waals surface area contributed by atoms with E-state index >= 15 is 0 Å². The number of nitrogens with zero attached hydrogens (tertiary/aromatic N) is 4. The number of aryl methyl sites for hydroxylation is 1. The molecule has 0 aliphatic carbocycles. The van der Waals surface area contributed by atoms with Crippen LogP contribution in [0.5, 0.6) is 0 Å². The number of hydrogen-bond acceptors (Lipinski definition) is 4. The number of carbonyl (C=O) groups is 1. The second-order valence-corrected chi connectivity index (χ2v) is 6.13. The van der Waals surface area contributed by atoms with Crippen LogP contribution in [0.4, 0.5) is 0 Å². The first-order chi connectivity index (χ1) is 11.7. The summed E-state index contributed by atoms with van der Waals surface area (Å²) in [5, 5.41) is 4.43. The third-order valence-corrected chi connectivity index (χ3v) is 4.46. The van der Waals surface area contributed by atoms with E-state index in [-0.39, 0.29) is 5.91 Å². The molecular formula is C17H25N5O2. The van der Waals surface area contributed by atoms with Crippen molar-refractivity contribution in [2.75, 3.05) is 26.3 Å². The van der Waals surface area contributed by atoms with E-state index in [1.807, 2.05) is 31.0 Å². The lowest BCUT2D eigenvalue weighted by Gasteiger charge is -2.31. The van der Waals surface area contributed by atoms with Gasteiger partial charge in [-0.05, 0) is 32.8 Å². The predicted octanol–water partition coefficient (Wildman–Crippen LogP) is 1.97. The van der Waals surface area contributed by atoms with Gasteiger partial charge in [0.05, 0.1) is 18.8 Å². The summed E-state index contributed by atoms with van der Waals surface area (Å²) in [6.07, 6.45) is 5.51. The van der Waals surface area contributed by atoms with Gasteiger partial charge in [0.2, 0.25) is 0 Å². The normalized spacial score (nSPS) is 15.8. The van der Waals surface area contributed by atoms with Gasteiger partial charge in [-0.2, -0.15) is 5.10 Å². The minimum Gasteiger partial charge on any atom is -0.380 e. The molecule has 3 rings (SSSR count). The minimum atomic E-state index is 0.0602. The fraction of sp³-hybridized carbons (Fsp3) is 0.588. The van der Waals surface area contributed by atoms with Gasteiger partial charge in [-0.15, -0.1) is 0 Å². The minimum absolute atomic E-state index is 0.0602. The Kier molecular flexibility index (Phi) is 5.30. The van der Waals surface area contributed by atoms with E-state index in [9.17, 15) is 4.79 Å². The summed E-state index contributed by atoms with van der Waals surface area (Å²) < 4.78 is 7.16. The van der Waals surface area contributed by atoms with Gasteiger partial charge in [-0.25, -0.2) is 4.98 Å². The van der Waals surface area contributed by atoms with Crippen LogP contribution in [0.2, 0.25) is 0 Å². The number of hydrogen-bond donors (Lipinski definition) is 1. The molecule has 0 saturated carbocycles. The fourth-order valence-corrected chi connectivity index (χ4v) is 3.20. The van der Waals surface area contributed by atoms with E-state index in [1.54, 1.807) is 10.9 Å². The molecule has 0 spiro atoms. The monoisotopic (exact) mass is 331 g/mol. The van der Waals surface area contributed by atoms with Gasteiger partial charge >= 0.3 is 0 Å². The molecule has 0 bridgehead atoms. The molecule has 1 aliphatic heterocycles. The number of piperidine rings is 1. The van der Waals surface area contributed by atoms with Crippen LogP contribution < -0.4 is 0 Å². The Morgan fingerprint density at radius 1 is 1.42 bits per heavy atom. The number of aromatic nitrogens is 4. The van der Waals surface area contributed by atoms with Crippen LogP contribution in [0.25, 0.3) is 0 Å². The summed E-state index contributed by atoms with van der Waals surface area (Å²) in [7, 11) is 0. The molecule has 1 amide bonds. The van der Waals surface area contributed by atoms with Gasteiger partial charge in [0.1, 0.15) is 11.5 Å². The van der Waals surface area contributed by atoms with Crippen LogP contribution in [0.1, 0.15) is 47.7 Å². The Bertz CT molecular complexity index is 657. The fourth-order valence-electron chi connectivity index (χ4n) is 3.20. The molecule has 0 radical (unpaired) electrons. The lowest BCUT2D eigenvalue weighted by atomic mass is 9.96. The molecular weight excluding hydrogens is 306 g/mol. The number of rotatable bonds is 6. The molecule has 3 heterocycles. The number of amides is 1. The van der Waals surface area contributed by atoms with Crippen molar-refractivity contribution in [1.82, 2.24) is 24.6 Å². The third-order valence-electron chi connectivity index (χ3n) is 4.46. The number of carbonyl (C=O) groups excluding carboxylic acids is 1. The smallest absolute Gasteiger partial charge is 0.272 e. The molecule has 7 nitrogen and oxygen atoms in total. The zero-order valence-electron chi connectivity index (χ0n) is 14.4. The van der Waals surface area contributed by atoms with Crippen LogP contribution in [-0.2, 0) is 11.3 Å². The molecule has 1 N–H and O–H groups in total. The Labute approximate surface area is 142 Å². The number of H-pyrrole nitrogens is 1. The SMILES string of the molecule is CCOCCn1nc(C)cc1C(=O)N1CCC(c2ncc[nH]2)CC1. The Hall–Kier alpha value is -2.15. The van der Waals surface area contributed by atoms with Crippen LogP contribution in [0.15, 0.2) is 18.5 Å². The maximum atomic E-state index is 12.9. The Balaban J connectivity index is 1.63. The lowest BCUT2D eigenvalue weighted by molar-refractivity contribution is 0.0693. The Morgan fingerprint density at radius 2 is 2.21 bits per heavy atom. The van der Waals surface area contributed by atoms with E-state index in [0.29, 0.717) is 31.4 Å². The van der Waals surface area contributed by atoms with Crippen molar-refractivity contribution in [3.8, 4) is 0 Å². The van der Waals surface area contributed by atoms with Gasteiger partial charge < -0.3 is 14.6 Å². The summed E-state index contributed by atoms with van der Waals surface area (Å²) in [5.74, 6) is 1.50. The average molecular weight is 331 g/mol. The average Bonchev–Trinajstić information content (AvgIpc) is 3.24. The molecule has 0 aromatic carbocycles. The van der Waals surface area contributed by atoms with E-state index in [4.69, 9.17) is 4.74 Å². The largest absolute Gasteiger partial charge is 0.380 e. The van der Waals surface area contributed by atoms with Crippen LogP contribution in [0.3, 0.4) is 0 Å². The Morgan fingerprint density at radius 3 is 2.88 bits per heavy atom. The summed E-state index contributed by atoms with van der Waals surface area (Å²) >= 11 is 0. The molecule has 2 aromatic rings. The highest BCUT2D eigenvalue weighted by Gasteiger charge is 2.27. The maximum absolute atomic E-state index is 12.9. The highest BCUT2D eigenvalue weighted by atomic mass is 16.5.